The van der Waals surface area contributed by atoms with Gasteiger partial charge >= 0.3 is 0 Å². The topological polar surface area (TPSA) is 59.1 Å². The molecule has 0 spiro atoms. The summed E-state index contributed by atoms with van der Waals surface area (Å²) in [5.41, 5.74) is 7.97. The SMILES string of the molecule is Cc1ccncc1C(CN)CCO. The highest BCUT2D eigenvalue weighted by Crippen LogP contribution is 2.20. The van der Waals surface area contributed by atoms with Gasteiger partial charge in [0, 0.05) is 24.9 Å². The van der Waals surface area contributed by atoms with Crippen molar-refractivity contribution in [3.63, 3.8) is 0 Å². The van der Waals surface area contributed by atoms with Gasteiger partial charge in [0.1, 0.15) is 0 Å². The molecule has 13 heavy (non-hydrogen) atoms. The van der Waals surface area contributed by atoms with E-state index in [2.05, 4.69) is 4.98 Å². The number of nitrogens with zero attached hydrogens (tertiary/aromatic N) is 1. The molecule has 0 aliphatic carbocycles. The van der Waals surface area contributed by atoms with Crippen LogP contribution in [0.4, 0.5) is 0 Å². The smallest absolute Gasteiger partial charge is 0.0437 e. The Hall–Kier alpha value is -0.930. The Labute approximate surface area is 78.6 Å². The zero-order chi connectivity index (χ0) is 9.68. The molecule has 0 radical (unpaired) electrons. The second-order valence-electron chi connectivity index (χ2n) is 3.18. The molecule has 1 rings (SSSR count). The van der Waals surface area contributed by atoms with Crippen molar-refractivity contribution in [1.29, 1.82) is 0 Å². The van der Waals surface area contributed by atoms with E-state index in [1.807, 2.05) is 19.2 Å². The third-order valence-electron chi connectivity index (χ3n) is 2.28. The molecule has 0 aromatic carbocycles. The molecule has 3 heteroatoms. The molecule has 0 fully saturated rings. The van der Waals surface area contributed by atoms with Gasteiger partial charge in [-0.1, -0.05) is 0 Å². The summed E-state index contributed by atoms with van der Waals surface area (Å²) in [5.74, 6) is 0.235. The number of nitrogens with two attached hydrogens (primary N) is 1. The van der Waals surface area contributed by atoms with Gasteiger partial charge in [-0.05, 0) is 37.1 Å². The van der Waals surface area contributed by atoms with Gasteiger partial charge in [-0.15, -0.1) is 0 Å². The van der Waals surface area contributed by atoms with Crippen LogP contribution in [-0.4, -0.2) is 23.2 Å². The predicted octanol–water partition coefficient (Wildman–Crippen LogP) is 0.815. The molecule has 1 unspecified atom stereocenters. The van der Waals surface area contributed by atoms with Gasteiger partial charge in [0.05, 0.1) is 0 Å². The Balaban J connectivity index is 2.84. The molecule has 0 bridgehead atoms. The Morgan fingerprint density at radius 2 is 2.38 bits per heavy atom. The first-order valence-corrected chi connectivity index (χ1v) is 4.51. The Kier molecular flexibility index (Phi) is 3.86. The Morgan fingerprint density at radius 1 is 1.62 bits per heavy atom. The number of aromatic nitrogens is 1. The van der Waals surface area contributed by atoms with Crippen LogP contribution in [0.5, 0.6) is 0 Å². The van der Waals surface area contributed by atoms with E-state index in [1.165, 1.54) is 5.56 Å². The van der Waals surface area contributed by atoms with Gasteiger partial charge in [-0.25, -0.2) is 0 Å². The molecule has 3 N–H and O–H groups in total. The van der Waals surface area contributed by atoms with E-state index in [-0.39, 0.29) is 12.5 Å². The second kappa shape index (κ2) is 4.94. The molecule has 0 amide bonds. The molecule has 1 atom stereocenters. The summed E-state index contributed by atoms with van der Waals surface area (Å²) in [5, 5.41) is 8.84. The highest BCUT2D eigenvalue weighted by molar-refractivity contribution is 5.25. The number of hydrogen-bond donors (Lipinski definition) is 2. The van der Waals surface area contributed by atoms with Gasteiger partial charge in [0.15, 0.2) is 0 Å². The number of pyridine rings is 1. The van der Waals surface area contributed by atoms with Gasteiger partial charge in [0.2, 0.25) is 0 Å². The maximum absolute atomic E-state index is 8.84. The summed E-state index contributed by atoms with van der Waals surface area (Å²) in [4.78, 5) is 4.06. The predicted molar refractivity (Wildman–Crippen MR) is 52.5 cm³/mol. The zero-order valence-electron chi connectivity index (χ0n) is 7.90. The number of hydrogen-bond acceptors (Lipinski definition) is 3. The fraction of sp³-hybridized carbons (Fsp3) is 0.500. The molecule has 1 heterocycles. The van der Waals surface area contributed by atoms with E-state index in [4.69, 9.17) is 10.8 Å². The van der Waals surface area contributed by atoms with Crippen molar-refractivity contribution in [2.45, 2.75) is 19.3 Å². The quantitative estimate of drug-likeness (QED) is 0.721. The highest BCUT2D eigenvalue weighted by atomic mass is 16.3. The minimum absolute atomic E-state index is 0.177. The summed E-state index contributed by atoms with van der Waals surface area (Å²) in [6.07, 6.45) is 4.32. The van der Waals surface area contributed by atoms with Crippen molar-refractivity contribution in [3.8, 4) is 0 Å². The first-order valence-electron chi connectivity index (χ1n) is 4.51. The van der Waals surface area contributed by atoms with Crippen molar-refractivity contribution in [2.75, 3.05) is 13.2 Å². The summed E-state index contributed by atoms with van der Waals surface area (Å²) in [6.45, 7) is 2.78. The normalized spacial score (nSPS) is 12.8. The van der Waals surface area contributed by atoms with Crippen LogP contribution in [0.2, 0.25) is 0 Å². The lowest BCUT2D eigenvalue weighted by atomic mass is 9.94. The molecule has 0 saturated carbocycles. The average molecular weight is 180 g/mol. The Morgan fingerprint density at radius 3 is 2.92 bits per heavy atom. The van der Waals surface area contributed by atoms with E-state index in [0.717, 1.165) is 5.56 Å². The molecule has 0 aliphatic rings. The van der Waals surface area contributed by atoms with Crippen LogP contribution in [0.3, 0.4) is 0 Å². The summed E-state index contributed by atoms with van der Waals surface area (Å²) < 4.78 is 0. The van der Waals surface area contributed by atoms with Crippen LogP contribution in [0.25, 0.3) is 0 Å². The third kappa shape index (κ3) is 2.50. The Bertz CT molecular complexity index is 263. The van der Waals surface area contributed by atoms with Crippen molar-refractivity contribution < 1.29 is 5.11 Å². The largest absolute Gasteiger partial charge is 0.396 e. The van der Waals surface area contributed by atoms with Crippen molar-refractivity contribution in [2.24, 2.45) is 5.73 Å². The highest BCUT2D eigenvalue weighted by Gasteiger charge is 2.10. The van der Waals surface area contributed by atoms with E-state index >= 15 is 0 Å². The van der Waals surface area contributed by atoms with Crippen LogP contribution in [-0.2, 0) is 0 Å². The number of aryl methyl sites for hydroxylation is 1. The van der Waals surface area contributed by atoms with E-state index < -0.39 is 0 Å². The van der Waals surface area contributed by atoms with Crippen LogP contribution < -0.4 is 5.73 Å². The molecule has 0 aliphatic heterocycles. The van der Waals surface area contributed by atoms with Gasteiger partial charge < -0.3 is 10.8 Å². The van der Waals surface area contributed by atoms with Gasteiger partial charge in [-0.3, -0.25) is 4.98 Å². The lowest BCUT2D eigenvalue weighted by molar-refractivity contribution is 0.276. The van der Waals surface area contributed by atoms with Gasteiger partial charge in [0.25, 0.3) is 0 Å². The molecule has 1 aromatic heterocycles. The fourth-order valence-corrected chi connectivity index (χ4v) is 1.46. The molecular formula is C10H16N2O. The standard InChI is InChI=1S/C10H16N2O/c1-8-2-4-12-7-10(8)9(6-11)3-5-13/h2,4,7,9,13H,3,5-6,11H2,1H3. The van der Waals surface area contributed by atoms with Crippen molar-refractivity contribution in [3.05, 3.63) is 29.6 Å². The minimum atomic E-state index is 0.177. The first kappa shape index (κ1) is 10.2. The van der Waals surface area contributed by atoms with Crippen LogP contribution in [0, 0.1) is 6.92 Å². The summed E-state index contributed by atoms with van der Waals surface area (Å²) >= 11 is 0. The summed E-state index contributed by atoms with van der Waals surface area (Å²) in [6, 6.07) is 1.97. The molecule has 3 nitrogen and oxygen atoms in total. The molecule has 1 aromatic rings. The first-order chi connectivity index (χ1) is 6.29. The zero-order valence-corrected chi connectivity index (χ0v) is 7.90. The lowest BCUT2D eigenvalue weighted by Gasteiger charge is -2.15. The van der Waals surface area contributed by atoms with Crippen LogP contribution in [0.15, 0.2) is 18.5 Å². The fourth-order valence-electron chi connectivity index (χ4n) is 1.46. The maximum Gasteiger partial charge on any atom is 0.0437 e. The average Bonchev–Trinajstić information content (AvgIpc) is 2.16. The van der Waals surface area contributed by atoms with E-state index in [1.54, 1.807) is 6.20 Å². The summed E-state index contributed by atoms with van der Waals surface area (Å²) in [7, 11) is 0. The molecular weight excluding hydrogens is 164 g/mol. The monoisotopic (exact) mass is 180 g/mol. The van der Waals surface area contributed by atoms with E-state index in [0.29, 0.717) is 13.0 Å². The third-order valence-corrected chi connectivity index (χ3v) is 2.28. The number of aliphatic hydroxyl groups is 1. The number of rotatable bonds is 4. The maximum atomic E-state index is 8.84. The van der Waals surface area contributed by atoms with Crippen LogP contribution in [0.1, 0.15) is 23.5 Å². The molecule has 72 valence electrons. The number of aliphatic hydroxyl groups excluding tert-OH is 1. The van der Waals surface area contributed by atoms with Crippen molar-refractivity contribution >= 4 is 0 Å². The second-order valence-corrected chi connectivity index (χ2v) is 3.18. The van der Waals surface area contributed by atoms with E-state index in [9.17, 15) is 0 Å². The lowest BCUT2D eigenvalue weighted by Crippen LogP contribution is -2.15. The van der Waals surface area contributed by atoms with Crippen LogP contribution >= 0.6 is 0 Å². The van der Waals surface area contributed by atoms with Crippen molar-refractivity contribution in [1.82, 2.24) is 4.98 Å². The molecule has 0 saturated heterocycles. The van der Waals surface area contributed by atoms with Gasteiger partial charge in [-0.2, -0.15) is 0 Å². The minimum Gasteiger partial charge on any atom is -0.396 e.